The highest BCUT2D eigenvalue weighted by Gasteiger charge is 2.24. The van der Waals surface area contributed by atoms with Gasteiger partial charge in [-0.05, 0) is 63.0 Å². The fraction of sp³-hybridized carbons (Fsp3) is 0.341. The molecule has 0 bridgehead atoms. The number of ether oxygens (including phenoxy) is 1. The van der Waals surface area contributed by atoms with Gasteiger partial charge in [0, 0.05) is 94.7 Å². The van der Waals surface area contributed by atoms with Crippen LogP contribution in [0.15, 0.2) is 82.6 Å². The molecule has 18 heteroatoms. The molecule has 310 valence electrons. The van der Waals surface area contributed by atoms with E-state index in [9.17, 15) is 14.4 Å². The Morgan fingerprint density at radius 2 is 1.15 bits per heavy atom. The molecular formula is C41H44Cl4N10O4. The Bertz CT molecular complexity index is 2540. The van der Waals surface area contributed by atoms with E-state index in [0.29, 0.717) is 74.6 Å². The van der Waals surface area contributed by atoms with Crippen molar-refractivity contribution in [1.29, 1.82) is 0 Å². The van der Waals surface area contributed by atoms with Crippen molar-refractivity contribution < 1.29 is 9.53 Å². The van der Waals surface area contributed by atoms with Crippen molar-refractivity contribution in [3.63, 3.8) is 0 Å². The Morgan fingerprint density at radius 1 is 0.729 bits per heavy atom. The number of amides is 1. The molecule has 2 aliphatic heterocycles. The van der Waals surface area contributed by atoms with E-state index >= 15 is 0 Å². The molecule has 0 aliphatic carbocycles. The maximum Gasteiger partial charge on any atom is 0.409 e. The van der Waals surface area contributed by atoms with Gasteiger partial charge < -0.3 is 25.6 Å². The number of hydrogen-bond acceptors (Lipinski definition) is 11. The average Bonchev–Trinajstić information content (AvgIpc) is 3.25. The van der Waals surface area contributed by atoms with Crippen LogP contribution in [0.1, 0.15) is 25.7 Å². The zero-order valence-corrected chi connectivity index (χ0v) is 35.7. The molecule has 2 fully saturated rings. The Labute approximate surface area is 360 Å². The normalized spacial score (nSPS) is 14.5. The topological polar surface area (TPSA) is 161 Å². The van der Waals surface area contributed by atoms with Crippen molar-refractivity contribution in [3.8, 4) is 22.3 Å². The molecule has 0 saturated carbocycles. The molecule has 0 spiro atoms. The molecule has 6 heterocycles. The van der Waals surface area contributed by atoms with Crippen LogP contribution in [0.4, 0.5) is 16.7 Å². The number of likely N-dealkylation sites (tertiary alicyclic amines) is 1. The molecule has 2 aromatic carbocycles. The minimum Gasteiger partial charge on any atom is -0.453 e. The molecule has 1 amide bonds. The minimum absolute atomic E-state index is 0.128. The summed E-state index contributed by atoms with van der Waals surface area (Å²) in [5, 5.41) is 12.8. The number of nitrogens with one attached hydrogen (secondary N) is 3. The monoisotopic (exact) mass is 880 g/mol. The molecular weight excluding hydrogens is 838 g/mol. The standard InChI is InChI=1S/C21H22ClN5O3.C19H20ClN5O.CH2Cl2/c1-26-18-13(11-16(19(26)28)15-5-3-4-6-17(15)22)12-23-20(25-18)24-14-7-9-27(10-8-14)21(29)30-2;1-25-17-12(10-15(18(25)26)14-4-2-3-5-16(14)20)11-22-19(24-17)23-13-6-8-21-9-7-13;2-1-3/h3-6,11-12,14H,7-10H2,1-2H3,(H,23,24,25);2-5,10-11,13,21H,6-9H2,1H3,(H,22,23,24);1H2. The van der Waals surface area contributed by atoms with E-state index in [1.807, 2.05) is 42.5 Å². The lowest BCUT2D eigenvalue weighted by molar-refractivity contribution is 0.113. The Hall–Kier alpha value is -4.99. The van der Waals surface area contributed by atoms with Crippen molar-refractivity contribution >= 4 is 86.5 Å². The molecule has 2 aliphatic rings. The van der Waals surface area contributed by atoms with Crippen LogP contribution in [0.25, 0.3) is 44.3 Å². The van der Waals surface area contributed by atoms with Crippen LogP contribution < -0.4 is 27.1 Å². The third-order valence-corrected chi connectivity index (χ3v) is 10.8. The molecule has 8 rings (SSSR count). The third-order valence-electron chi connectivity index (χ3n) is 10.2. The van der Waals surface area contributed by atoms with Crippen LogP contribution in [0.5, 0.6) is 0 Å². The second-order valence-corrected chi connectivity index (χ2v) is 15.5. The largest absolute Gasteiger partial charge is 0.453 e. The highest BCUT2D eigenvalue weighted by Crippen LogP contribution is 2.29. The number of rotatable bonds is 6. The number of fused-ring (bicyclic) bond motifs is 2. The van der Waals surface area contributed by atoms with E-state index in [-0.39, 0.29) is 28.6 Å². The lowest BCUT2D eigenvalue weighted by Crippen LogP contribution is -2.42. The first kappa shape index (κ1) is 43.6. The van der Waals surface area contributed by atoms with Crippen molar-refractivity contribution in [1.82, 2.24) is 39.3 Å². The summed E-state index contributed by atoms with van der Waals surface area (Å²) in [6, 6.07) is 18.7. The molecule has 59 heavy (non-hydrogen) atoms. The van der Waals surface area contributed by atoms with Gasteiger partial charge in [-0.15, -0.1) is 23.2 Å². The number of alkyl halides is 2. The van der Waals surface area contributed by atoms with Crippen molar-refractivity contribution in [3.05, 3.63) is 104 Å². The lowest BCUT2D eigenvalue weighted by atomic mass is 10.1. The van der Waals surface area contributed by atoms with Gasteiger partial charge in [-0.1, -0.05) is 59.6 Å². The van der Waals surface area contributed by atoms with Crippen molar-refractivity contribution in [2.75, 3.05) is 49.3 Å². The van der Waals surface area contributed by atoms with E-state index in [2.05, 4.69) is 35.9 Å². The molecule has 4 aromatic heterocycles. The summed E-state index contributed by atoms with van der Waals surface area (Å²) in [5.74, 6) is 1.02. The number of methoxy groups -OCH3 is 1. The Kier molecular flexibility index (Phi) is 15.0. The zero-order chi connectivity index (χ0) is 42.1. The SMILES string of the molecule is COC(=O)N1CCC(Nc2ncc3cc(-c4ccccc4Cl)c(=O)n(C)c3n2)CC1.ClCCl.Cn1c(=O)c(-c2ccccc2Cl)cc2cnc(NC3CCNCC3)nc21. The zero-order valence-electron chi connectivity index (χ0n) is 32.7. The highest BCUT2D eigenvalue weighted by molar-refractivity contribution is 6.40. The quantitative estimate of drug-likeness (QED) is 0.142. The van der Waals surface area contributed by atoms with Crippen LogP contribution in [0.2, 0.25) is 10.0 Å². The number of pyridine rings is 2. The van der Waals surface area contributed by atoms with Gasteiger partial charge in [0.25, 0.3) is 11.1 Å². The molecule has 6 aromatic rings. The molecule has 3 N–H and O–H groups in total. The first-order chi connectivity index (χ1) is 28.5. The van der Waals surface area contributed by atoms with Gasteiger partial charge in [0.15, 0.2) is 0 Å². The Morgan fingerprint density at radius 3 is 1.58 bits per heavy atom. The van der Waals surface area contributed by atoms with Crippen LogP contribution in [0.3, 0.4) is 0 Å². The van der Waals surface area contributed by atoms with Crippen molar-refractivity contribution in [2.45, 2.75) is 37.8 Å². The minimum atomic E-state index is -0.306. The maximum absolute atomic E-state index is 12.9. The number of carbonyl (C=O) groups excluding carboxylic acids is 1. The van der Waals surface area contributed by atoms with Crippen LogP contribution in [0, 0.1) is 0 Å². The summed E-state index contributed by atoms with van der Waals surface area (Å²) < 4.78 is 7.84. The number of piperidine rings is 2. The van der Waals surface area contributed by atoms with Crippen LogP contribution >= 0.6 is 46.4 Å². The summed E-state index contributed by atoms with van der Waals surface area (Å²) in [7, 11) is 4.81. The van der Waals surface area contributed by atoms with E-state index in [4.69, 9.17) is 51.1 Å². The smallest absolute Gasteiger partial charge is 0.409 e. The molecule has 0 atom stereocenters. The van der Waals surface area contributed by atoms with Gasteiger partial charge >= 0.3 is 6.09 Å². The van der Waals surface area contributed by atoms with Crippen LogP contribution in [-0.4, -0.2) is 90.8 Å². The number of anilines is 2. The predicted octanol–water partition coefficient (Wildman–Crippen LogP) is 7.53. The highest BCUT2D eigenvalue weighted by atomic mass is 35.5. The lowest BCUT2D eigenvalue weighted by Gasteiger charge is -2.31. The summed E-state index contributed by atoms with van der Waals surface area (Å²) in [6.07, 6.45) is 6.75. The number of aromatic nitrogens is 6. The number of carbonyl (C=O) groups is 1. The fourth-order valence-electron chi connectivity index (χ4n) is 7.04. The number of aryl methyl sites for hydroxylation is 2. The van der Waals surface area contributed by atoms with E-state index in [1.165, 1.54) is 11.7 Å². The Balaban J connectivity index is 0.000000188. The van der Waals surface area contributed by atoms with E-state index < -0.39 is 0 Å². The first-order valence-corrected chi connectivity index (χ1v) is 20.8. The third kappa shape index (κ3) is 10.4. The van der Waals surface area contributed by atoms with Gasteiger partial charge in [0.05, 0.1) is 12.4 Å². The summed E-state index contributed by atoms with van der Waals surface area (Å²) in [4.78, 5) is 57.1. The molecule has 2 saturated heterocycles. The number of hydrogen-bond donors (Lipinski definition) is 3. The number of halogens is 4. The van der Waals surface area contributed by atoms with Gasteiger partial charge in [-0.25, -0.2) is 14.8 Å². The molecule has 0 unspecified atom stereocenters. The van der Waals surface area contributed by atoms with Crippen molar-refractivity contribution in [2.24, 2.45) is 14.1 Å². The second kappa shape index (κ2) is 20.3. The molecule has 0 radical (unpaired) electrons. The molecule has 14 nitrogen and oxygen atoms in total. The van der Waals surface area contributed by atoms with Gasteiger partial charge in [0.2, 0.25) is 11.9 Å². The number of nitrogens with zero attached hydrogens (tertiary/aromatic N) is 7. The fourth-order valence-corrected chi connectivity index (χ4v) is 7.52. The first-order valence-electron chi connectivity index (χ1n) is 18.9. The van der Waals surface area contributed by atoms with E-state index in [1.54, 1.807) is 54.2 Å². The summed E-state index contributed by atoms with van der Waals surface area (Å²) in [6.45, 7) is 3.20. The summed E-state index contributed by atoms with van der Waals surface area (Å²) >= 11 is 22.1. The van der Waals surface area contributed by atoms with Gasteiger partial charge in [-0.3, -0.25) is 18.7 Å². The predicted molar refractivity (Wildman–Crippen MR) is 237 cm³/mol. The van der Waals surface area contributed by atoms with Gasteiger partial charge in [-0.2, -0.15) is 9.97 Å². The second-order valence-electron chi connectivity index (χ2n) is 13.9. The van der Waals surface area contributed by atoms with Crippen LogP contribution in [-0.2, 0) is 18.8 Å². The average molecular weight is 883 g/mol. The van der Waals surface area contributed by atoms with E-state index in [0.717, 1.165) is 49.5 Å². The number of benzene rings is 2. The maximum atomic E-state index is 12.9. The summed E-state index contributed by atoms with van der Waals surface area (Å²) in [5.41, 5.74) is 3.31. The van der Waals surface area contributed by atoms with Gasteiger partial charge in [0.1, 0.15) is 11.3 Å².